The first-order valence-electron chi connectivity index (χ1n) is 4.97. The molecule has 0 aromatic rings. The van der Waals surface area contributed by atoms with Crippen LogP contribution in [0.5, 0.6) is 0 Å². The second kappa shape index (κ2) is 4.27. The van der Waals surface area contributed by atoms with Gasteiger partial charge in [-0.1, -0.05) is 27.7 Å². The van der Waals surface area contributed by atoms with Crippen molar-refractivity contribution in [3.8, 4) is 0 Å². The molecule has 0 aliphatic carbocycles. The fourth-order valence-corrected chi connectivity index (χ4v) is 1.75. The van der Waals surface area contributed by atoms with E-state index in [1.165, 1.54) is 0 Å². The van der Waals surface area contributed by atoms with Crippen molar-refractivity contribution in [3.05, 3.63) is 0 Å². The molecule has 0 heterocycles. The molecular weight excluding hydrogens is 148 g/mol. The molecule has 74 valence electrons. The standard InChI is InChI=1S/C11H24O/c1-7-11(6,12-8-2)9-10(3,4)5/h7-9H2,1-6H3. The molecule has 0 amide bonds. The maximum atomic E-state index is 5.75. The molecule has 0 saturated carbocycles. The molecule has 0 radical (unpaired) electrons. The van der Waals surface area contributed by atoms with Gasteiger partial charge in [-0.3, -0.25) is 0 Å². The lowest BCUT2D eigenvalue weighted by Gasteiger charge is -2.34. The molecule has 0 aromatic carbocycles. The maximum Gasteiger partial charge on any atom is 0.0656 e. The zero-order chi connectivity index (χ0) is 9.83. The van der Waals surface area contributed by atoms with Crippen LogP contribution >= 0.6 is 0 Å². The van der Waals surface area contributed by atoms with Crippen molar-refractivity contribution in [2.24, 2.45) is 5.41 Å². The summed E-state index contributed by atoms with van der Waals surface area (Å²) >= 11 is 0. The van der Waals surface area contributed by atoms with Gasteiger partial charge in [0.1, 0.15) is 0 Å². The van der Waals surface area contributed by atoms with Crippen LogP contribution in [-0.2, 0) is 4.74 Å². The summed E-state index contributed by atoms with van der Waals surface area (Å²) < 4.78 is 5.75. The van der Waals surface area contributed by atoms with Crippen LogP contribution in [0.15, 0.2) is 0 Å². The van der Waals surface area contributed by atoms with Gasteiger partial charge in [0.05, 0.1) is 5.60 Å². The summed E-state index contributed by atoms with van der Waals surface area (Å²) in [7, 11) is 0. The summed E-state index contributed by atoms with van der Waals surface area (Å²) in [5.74, 6) is 0. The number of ether oxygens (including phenoxy) is 1. The van der Waals surface area contributed by atoms with Crippen LogP contribution in [0.4, 0.5) is 0 Å². The van der Waals surface area contributed by atoms with E-state index in [0.717, 1.165) is 19.4 Å². The number of hydrogen-bond acceptors (Lipinski definition) is 1. The third-order valence-electron chi connectivity index (χ3n) is 2.14. The van der Waals surface area contributed by atoms with Gasteiger partial charge >= 0.3 is 0 Å². The highest BCUT2D eigenvalue weighted by Gasteiger charge is 2.28. The van der Waals surface area contributed by atoms with Crippen molar-refractivity contribution >= 4 is 0 Å². The minimum absolute atomic E-state index is 0.0764. The van der Waals surface area contributed by atoms with E-state index in [-0.39, 0.29) is 5.60 Å². The predicted molar refractivity (Wildman–Crippen MR) is 54.4 cm³/mol. The van der Waals surface area contributed by atoms with Crippen LogP contribution in [0.1, 0.15) is 54.4 Å². The Morgan fingerprint density at radius 2 is 1.50 bits per heavy atom. The second-order valence-electron chi connectivity index (χ2n) is 4.97. The maximum absolute atomic E-state index is 5.75. The normalized spacial score (nSPS) is 17.5. The van der Waals surface area contributed by atoms with Gasteiger partial charge in [-0.2, -0.15) is 0 Å². The first-order valence-corrected chi connectivity index (χ1v) is 4.97. The Labute approximate surface area is 77.5 Å². The average molecular weight is 172 g/mol. The molecule has 12 heavy (non-hydrogen) atoms. The van der Waals surface area contributed by atoms with Crippen molar-refractivity contribution < 1.29 is 4.74 Å². The lowest BCUT2D eigenvalue weighted by Crippen LogP contribution is -2.33. The van der Waals surface area contributed by atoms with Crippen molar-refractivity contribution in [2.45, 2.75) is 60.0 Å². The molecule has 0 fully saturated rings. The van der Waals surface area contributed by atoms with E-state index in [2.05, 4.69) is 41.5 Å². The predicted octanol–water partition coefficient (Wildman–Crippen LogP) is 3.63. The molecule has 0 aliphatic heterocycles. The minimum Gasteiger partial charge on any atom is -0.376 e. The highest BCUT2D eigenvalue weighted by molar-refractivity contribution is 4.79. The summed E-state index contributed by atoms with van der Waals surface area (Å²) in [6.45, 7) is 14.1. The molecule has 1 unspecified atom stereocenters. The topological polar surface area (TPSA) is 9.23 Å². The Balaban J connectivity index is 4.14. The molecule has 1 nitrogen and oxygen atoms in total. The van der Waals surface area contributed by atoms with Gasteiger partial charge in [0.2, 0.25) is 0 Å². The molecule has 0 aromatic heterocycles. The van der Waals surface area contributed by atoms with Crippen molar-refractivity contribution in [1.82, 2.24) is 0 Å². The largest absolute Gasteiger partial charge is 0.376 e. The van der Waals surface area contributed by atoms with E-state index < -0.39 is 0 Å². The van der Waals surface area contributed by atoms with Crippen LogP contribution < -0.4 is 0 Å². The van der Waals surface area contributed by atoms with Crippen molar-refractivity contribution in [2.75, 3.05) is 6.61 Å². The molecular formula is C11H24O. The van der Waals surface area contributed by atoms with Gasteiger partial charge in [0.25, 0.3) is 0 Å². The zero-order valence-electron chi connectivity index (χ0n) is 9.53. The summed E-state index contributed by atoms with van der Waals surface area (Å²) in [5, 5.41) is 0. The van der Waals surface area contributed by atoms with Gasteiger partial charge in [-0.15, -0.1) is 0 Å². The highest BCUT2D eigenvalue weighted by Crippen LogP contribution is 2.31. The first kappa shape index (κ1) is 12.0. The highest BCUT2D eigenvalue weighted by atomic mass is 16.5. The molecule has 1 heteroatoms. The average Bonchev–Trinajstić information content (AvgIpc) is 1.84. The molecule has 1 atom stereocenters. The molecule has 0 saturated heterocycles. The smallest absolute Gasteiger partial charge is 0.0656 e. The lowest BCUT2D eigenvalue weighted by atomic mass is 9.81. The van der Waals surface area contributed by atoms with Gasteiger partial charge in [0.15, 0.2) is 0 Å². The molecule has 0 N–H and O–H groups in total. The van der Waals surface area contributed by atoms with Gasteiger partial charge in [-0.05, 0) is 32.1 Å². The van der Waals surface area contributed by atoms with Crippen LogP contribution in [0.2, 0.25) is 0 Å². The Bertz CT molecular complexity index is 123. The summed E-state index contributed by atoms with van der Waals surface area (Å²) in [4.78, 5) is 0. The zero-order valence-corrected chi connectivity index (χ0v) is 9.53. The van der Waals surface area contributed by atoms with Crippen LogP contribution in [0.25, 0.3) is 0 Å². The molecule has 0 spiro atoms. The van der Waals surface area contributed by atoms with E-state index in [9.17, 15) is 0 Å². The third kappa shape index (κ3) is 4.76. The first-order chi connectivity index (χ1) is 5.33. The molecule has 0 bridgehead atoms. The van der Waals surface area contributed by atoms with Gasteiger partial charge in [0, 0.05) is 6.61 Å². The van der Waals surface area contributed by atoms with Crippen LogP contribution in [-0.4, -0.2) is 12.2 Å². The van der Waals surface area contributed by atoms with E-state index >= 15 is 0 Å². The second-order valence-corrected chi connectivity index (χ2v) is 4.97. The minimum atomic E-state index is 0.0764. The Hall–Kier alpha value is -0.0400. The van der Waals surface area contributed by atoms with Crippen LogP contribution in [0.3, 0.4) is 0 Å². The van der Waals surface area contributed by atoms with E-state index in [4.69, 9.17) is 4.74 Å². The summed E-state index contributed by atoms with van der Waals surface area (Å²) in [6.07, 6.45) is 2.22. The van der Waals surface area contributed by atoms with E-state index in [1.54, 1.807) is 0 Å². The van der Waals surface area contributed by atoms with E-state index in [0.29, 0.717) is 5.41 Å². The van der Waals surface area contributed by atoms with E-state index in [1.807, 2.05) is 0 Å². The summed E-state index contributed by atoms with van der Waals surface area (Å²) in [5.41, 5.74) is 0.437. The lowest BCUT2D eigenvalue weighted by molar-refractivity contribution is -0.0535. The summed E-state index contributed by atoms with van der Waals surface area (Å²) in [6, 6.07) is 0. The Morgan fingerprint density at radius 1 is 1.00 bits per heavy atom. The van der Waals surface area contributed by atoms with Gasteiger partial charge in [-0.25, -0.2) is 0 Å². The SMILES string of the molecule is CCOC(C)(CC)CC(C)(C)C. The molecule has 0 aliphatic rings. The van der Waals surface area contributed by atoms with Crippen LogP contribution in [0, 0.1) is 5.41 Å². The van der Waals surface area contributed by atoms with Crippen molar-refractivity contribution in [3.63, 3.8) is 0 Å². The fourth-order valence-electron chi connectivity index (χ4n) is 1.75. The Kier molecular flexibility index (Phi) is 4.25. The van der Waals surface area contributed by atoms with Crippen molar-refractivity contribution in [1.29, 1.82) is 0 Å². The Morgan fingerprint density at radius 3 is 1.75 bits per heavy atom. The molecule has 0 rings (SSSR count). The quantitative estimate of drug-likeness (QED) is 0.629. The number of hydrogen-bond donors (Lipinski definition) is 0. The fraction of sp³-hybridized carbons (Fsp3) is 1.00. The van der Waals surface area contributed by atoms with Gasteiger partial charge < -0.3 is 4.74 Å². The monoisotopic (exact) mass is 172 g/mol. The third-order valence-corrected chi connectivity index (χ3v) is 2.14. The number of rotatable bonds is 4.